The van der Waals surface area contributed by atoms with Crippen molar-refractivity contribution in [3.8, 4) is 5.75 Å². The number of carbonyl (C=O) groups is 1. The zero-order chi connectivity index (χ0) is 17.1. The van der Waals surface area contributed by atoms with Crippen molar-refractivity contribution in [2.45, 2.75) is 25.4 Å². The highest BCUT2D eigenvalue weighted by Crippen LogP contribution is 2.28. The van der Waals surface area contributed by atoms with Crippen LogP contribution in [0.4, 0.5) is 14.5 Å². The summed E-state index contributed by atoms with van der Waals surface area (Å²) in [5, 5.41) is 12.5. The van der Waals surface area contributed by atoms with Crippen LogP contribution in [0.15, 0.2) is 36.4 Å². The average molecular weight is 333 g/mol. The molecule has 0 aliphatic heterocycles. The van der Waals surface area contributed by atoms with Gasteiger partial charge in [-0.1, -0.05) is 12.1 Å². The first-order valence-electron chi connectivity index (χ1n) is 7.69. The Kier molecular flexibility index (Phi) is 4.76. The van der Waals surface area contributed by atoms with Gasteiger partial charge in [-0.15, -0.1) is 0 Å². The number of aliphatic hydroxyl groups is 1. The number of nitrogens with one attached hydrogen (secondary N) is 1. The third-order valence-electron chi connectivity index (χ3n) is 3.99. The molecule has 0 aromatic heterocycles. The van der Waals surface area contributed by atoms with Gasteiger partial charge in [-0.3, -0.25) is 4.79 Å². The summed E-state index contributed by atoms with van der Waals surface area (Å²) in [6.07, 6.45) is 1.54. The maximum absolute atomic E-state index is 13.5. The van der Waals surface area contributed by atoms with E-state index in [1.165, 1.54) is 0 Å². The summed E-state index contributed by atoms with van der Waals surface area (Å²) in [5.41, 5.74) is 2.64. The molecule has 0 spiro atoms. The van der Waals surface area contributed by atoms with Crippen LogP contribution in [0.2, 0.25) is 0 Å². The Labute approximate surface area is 138 Å². The van der Waals surface area contributed by atoms with E-state index < -0.39 is 30.3 Å². The van der Waals surface area contributed by atoms with Crippen molar-refractivity contribution in [2.75, 3.05) is 11.9 Å². The molecule has 126 valence electrons. The van der Waals surface area contributed by atoms with Gasteiger partial charge >= 0.3 is 0 Å². The Hall–Kier alpha value is -2.47. The topological polar surface area (TPSA) is 58.6 Å². The number of fused-ring (bicyclic) bond motifs is 1. The predicted molar refractivity (Wildman–Crippen MR) is 85.0 cm³/mol. The summed E-state index contributed by atoms with van der Waals surface area (Å²) in [4.78, 5) is 12.0. The molecule has 0 fully saturated rings. The van der Waals surface area contributed by atoms with Gasteiger partial charge < -0.3 is 15.2 Å². The number of rotatable bonds is 4. The molecule has 0 heterocycles. The summed E-state index contributed by atoms with van der Waals surface area (Å²) in [6, 6.07) is 8.47. The van der Waals surface area contributed by atoms with Gasteiger partial charge in [0, 0.05) is 18.2 Å². The molecule has 2 aromatic rings. The second-order valence-electron chi connectivity index (χ2n) is 5.75. The largest absolute Gasteiger partial charge is 0.481 e. The van der Waals surface area contributed by atoms with E-state index in [0.717, 1.165) is 29.7 Å². The first-order valence-corrected chi connectivity index (χ1v) is 7.69. The third-order valence-corrected chi connectivity index (χ3v) is 3.99. The molecule has 4 nitrogen and oxygen atoms in total. The van der Waals surface area contributed by atoms with Crippen LogP contribution in [0.25, 0.3) is 0 Å². The number of carbonyl (C=O) groups excluding carboxylic acids is 1. The molecule has 24 heavy (non-hydrogen) atoms. The van der Waals surface area contributed by atoms with Crippen molar-refractivity contribution < 1.29 is 23.4 Å². The van der Waals surface area contributed by atoms with Crippen molar-refractivity contribution in [1.82, 2.24) is 0 Å². The molecule has 0 bridgehead atoms. The summed E-state index contributed by atoms with van der Waals surface area (Å²) >= 11 is 0. The molecule has 6 heteroatoms. The minimum absolute atomic E-state index is 0.183. The van der Waals surface area contributed by atoms with Gasteiger partial charge in [0.05, 0.1) is 6.10 Å². The maximum Gasteiger partial charge on any atom is 0.262 e. The van der Waals surface area contributed by atoms with Crippen LogP contribution in [0, 0.1) is 11.6 Å². The molecule has 1 amide bonds. The number of hydrogen-bond acceptors (Lipinski definition) is 3. The molecule has 0 saturated carbocycles. The lowest BCUT2D eigenvalue weighted by atomic mass is 9.88. The molecular formula is C18H17F2NO3. The zero-order valence-corrected chi connectivity index (χ0v) is 12.9. The summed E-state index contributed by atoms with van der Waals surface area (Å²) in [6.45, 7) is -0.394. The zero-order valence-electron chi connectivity index (χ0n) is 12.9. The normalized spacial score (nSPS) is 16.4. The second-order valence-corrected chi connectivity index (χ2v) is 5.75. The Balaban J connectivity index is 1.65. The molecular weight excluding hydrogens is 316 g/mol. The van der Waals surface area contributed by atoms with Gasteiger partial charge in [0.15, 0.2) is 18.2 Å². The van der Waals surface area contributed by atoms with Crippen LogP contribution in [0.1, 0.15) is 17.5 Å². The SMILES string of the molecule is O=C(COc1ccc(F)cc1F)Nc1cccc2c1C[C@H](O)CC2. The van der Waals surface area contributed by atoms with E-state index in [0.29, 0.717) is 24.6 Å². The fraction of sp³-hybridized carbons (Fsp3) is 0.278. The standard InChI is InChI=1S/C18H17F2NO3/c19-12-5-7-17(15(20)8-12)24-10-18(23)21-16-3-1-2-11-4-6-13(22)9-14(11)16/h1-3,5,7-8,13,22H,4,6,9-10H2,(H,21,23)/t13-/m1/s1. The number of amides is 1. The first kappa shape index (κ1) is 16.4. The third kappa shape index (κ3) is 3.71. The highest BCUT2D eigenvalue weighted by molar-refractivity contribution is 5.92. The molecule has 1 aliphatic carbocycles. The second kappa shape index (κ2) is 6.97. The quantitative estimate of drug-likeness (QED) is 0.904. The molecule has 2 aromatic carbocycles. The van der Waals surface area contributed by atoms with Crippen molar-refractivity contribution in [3.63, 3.8) is 0 Å². The van der Waals surface area contributed by atoms with Gasteiger partial charge in [0.2, 0.25) is 0 Å². The molecule has 0 unspecified atom stereocenters. The Morgan fingerprint density at radius 1 is 1.29 bits per heavy atom. The number of anilines is 1. The lowest BCUT2D eigenvalue weighted by molar-refractivity contribution is -0.118. The van der Waals surface area contributed by atoms with Crippen LogP contribution in [-0.2, 0) is 17.6 Å². The van der Waals surface area contributed by atoms with Crippen LogP contribution < -0.4 is 10.1 Å². The smallest absolute Gasteiger partial charge is 0.262 e. The van der Waals surface area contributed by atoms with E-state index in [1.54, 1.807) is 6.07 Å². The van der Waals surface area contributed by atoms with Crippen LogP contribution in [0.5, 0.6) is 5.75 Å². The monoisotopic (exact) mass is 333 g/mol. The van der Waals surface area contributed by atoms with E-state index in [9.17, 15) is 18.7 Å². The van der Waals surface area contributed by atoms with Crippen molar-refractivity contribution >= 4 is 11.6 Å². The Morgan fingerprint density at radius 3 is 2.92 bits per heavy atom. The van der Waals surface area contributed by atoms with E-state index in [1.807, 2.05) is 12.1 Å². The summed E-state index contributed by atoms with van der Waals surface area (Å²) in [7, 11) is 0. The van der Waals surface area contributed by atoms with Gasteiger partial charge in [-0.2, -0.15) is 0 Å². The van der Waals surface area contributed by atoms with E-state index in [-0.39, 0.29) is 5.75 Å². The molecule has 3 rings (SSSR count). The highest BCUT2D eigenvalue weighted by atomic mass is 19.1. The van der Waals surface area contributed by atoms with Crippen molar-refractivity contribution in [2.24, 2.45) is 0 Å². The minimum atomic E-state index is -0.858. The van der Waals surface area contributed by atoms with Gasteiger partial charge in [0.25, 0.3) is 5.91 Å². The number of halogens is 2. The molecule has 0 saturated heterocycles. The highest BCUT2D eigenvalue weighted by Gasteiger charge is 2.20. The predicted octanol–water partition coefficient (Wildman–Crippen LogP) is 2.83. The van der Waals surface area contributed by atoms with Crippen LogP contribution >= 0.6 is 0 Å². The Morgan fingerprint density at radius 2 is 2.12 bits per heavy atom. The maximum atomic E-state index is 13.5. The lowest BCUT2D eigenvalue weighted by Crippen LogP contribution is -2.24. The summed E-state index contributed by atoms with van der Waals surface area (Å²) < 4.78 is 31.4. The lowest BCUT2D eigenvalue weighted by Gasteiger charge is -2.23. The minimum Gasteiger partial charge on any atom is -0.481 e. The number of hydrogen-bond donors (Lipinski definition) is 2. The molecule has 1 atom stereocenters. The molecule has 2 N–H and O–H groups in total. The van der Waals surface area contributed by atoms with Gasteiger partial charge in [-0.25, -0.2) is 8.78 Å². The summed E-state index contributed by atoms with van der Waals surface area (Å²) in [5.74, 6) is -2.20. The van der Waals surface area contributed by atoms with Crippen LogP contribution in [-0.4, -0.2) is 23.7 Å². The van der Waals surface area contributed by atoms with E-state index in [2.05, 4.69) is 5.32 Å². The van der Waals surface area contributed by atoms with Crippen LogP contribution in [0.3, 0.4) is 0 Å². The van der Waals surface area contributed by atoms with Crippen molar-refractivity contribution in [1.29, 1.82) is 0 Å². The Bertz CT molecular complexity index is 764. The fourth-order valence-electron chi connectivity index (χ4n) is 2.81. The number of aliphatic hydroxyl groups excluding tert-OH is 1. The number of ether oxygens (including phenoxy) is 1. The number of aryl methyl sites for hydroxylation is 1. The fourth-order valence-corrected chi connectivity index (χ4v) is 2.81. The molecule has 0 radical (unpaired) electrons. The average Bonchev–Trinajstić information content (AvgIpc) is 2.54. The van der Waals surface area contributed by atoms with Gasteiger partial charge in [0.1, 0.15) is 5.82 Å². The molecule has 1 aliphatic rings. The first-order chi connectivity index (χ1) is 11.5. The van der Waals surface area contributed by atoms with Gasteiger partial charge in [-0.05, 0) is 42.2 Å². The van der Waals surface area contributed by atoms with Crippen molar-refractivity contribution in [3.05, 3.63) is 59.2 Å². The van der Waals surface area contributed by atoms with E-state index >= 15 is 0 Å². The van der Waals surface area contributed by atoms with E-state index in [4.69, 9.17) is 4.74 Å². The number of benzene rings is 2.